The zero-order valence-electron chi connectivity index (χ0n) is 23.5. The van der Waals surface area contributed by atoms with E-state index in [-0.39, 0.29) is 29.4 Å². The first-order valence-electron chi connectivity index (χ1n) is 13.6. The average Bonchev–Trinajstić information content (AvgIpc) is 3.28. The third-order valence-corrected chi connectivity index (χ3v) is 7.60. The van der Waals surface area contributed by atoms with E-state index in [1.165, 1.54) is 12.1 Å². The van der Waals surface area contributed by atoms with E-state index in [9.17, 15) is 23.1 Å². The number of likely N-dealkylation sites (tertiary alicyclic amines) is 1. The summed E-state index contributed by atoms with van der Waals surface area (Å²) in [4.78, 5) is 23.1. The van der Waals surface area contributed by atoms with Crippen LogP contribution >= 0.6 is 11.6 Å². The summed E-state index contributed by atoms with van der Waals surface area (Å²) < 4.78 is 59.4. The summed E-state index contributed by atoms with van der Waals surface area (Å²) in [5, 5.41) is 9.85. The Balaban J connectivity index is 1.25. The predicted molar refractivity (Wildman–Crippen MR) is 152 cm³/mol. The molecule has 5 rings (SSSR count). The third kappa shape index (κ3) is 7.20. The highest BCUT2D eigenvalue weighted by molar-refractivity contribution is 6.30. The molecule has 1 aliphatic rings. The number of aromatic nitrogens is 3. The molecule has 13 heteroatoms. The van der Waals surface area contributed by atoms with Gasteiger partial charge in [0.25, 0.3) is 0 Å². The third-order valence-electron chi connectivity index (χ3n) is 7.37. The number of rotatable bonds is 11. The van der Waals surface area contributed by atoms with Gasteiger partial charge in [0.15, 0.2) is 5.75 Å². The van der Waals surface area contributed by atoms with E-state index in [1.54, 1.807) is 29.8 Å². The van der Waals surface area contributed by atoms with Crippen molar-refractivity contribution in [3.8, 4) is 11.6 Å². The van der Waals surface area contributed by atoms with Crippen molar-refractivity contribution in [3.05, 3.63) is 82.0 Å². The van der Waals surface area contributed by atoms with Crippen LogP contribution in [0.3, 0.4) is 0 Å². The maximum atomic E-state index is 14.2. The van der Waals surface area contributed by atoms with Gasteiger partial charge in [0.2, 0.25) is 5.88 Å². The average molecular weight is 619 g/mol. The first-order chi connectivity index (χ1) is 20.5. The van der Waals surface area contributed by atoms with Crippen molar-refractivity contribution >= 4 is 28.6 Å². The molecule has 43 heavy (non-hydrogen) atoms. The lowest BCUT2D eigenvalue weighted by Gasteiger charge is -2.31. The Morgan fingerprint density at radius 3 is 2.60 bits per heavy atom. The lowest BCUT2D eigenvalue weighted by molar-refractivity contribution is -0.205. The number of imidazole rings is 1. The van der Waals surface area contributed by atoms with Gasteiger partial charge in [0.05, 0.1) is 17.6 Å². The molecule has 0 unspecified atom stereocenters. The maximum Gasteiger partial charge on any atom is 0.421 e. The molecule has 9 nitrogen and oxygen atoms in total. The largest absolute Gasteiger partial charge is 0.478 e. The monoisotopic (exact) mass is 618 g/mol. The minimum Gasteiger partial charge on any atom is -0.478 e. The minimum atomic E-state index is -3.67. The summed E-state index contributed by atoms with van der Waals surface area (Å²) >= 11 is 5.82. The van der Waals surface area contributed by atoms with Crippen LogP contribution in [0.5, 0.6) is 11.6 Å². The summed E-state index contributed by atoms with van der Waals surface area (Å²) in [7, 11) is 2.83. The summed E-state index contributed by atoms with van der Waals surface area (Å²) in [5.41, 5.74) is 1.59. The highest BCUT2D eigenvalue weighted by Crippen LogP contribution is 2.33. The van der Waals surface area contributed by atoms with E-state index in [2.05, 4.69) is 19.6 Å². The Bertz CT molecular complexity index is 1630. The van der Waals surface area contributed by atoms with E-state index in [0.717, 1.165) is 44.8 Å². The minimum absolute atomic E-state index is 0.0284. The molecular formula is C30H30ClF3N4O5. The zero-order valence-corrected chi connectivity index (χ0v) is 24.3. The molecule has 0 spiro atoms. The van der Waals surface area contributed by atoms with Gasteiger partial charge in [-0.3, -0.25) is 4.90 Å². The molecule has 0 saturated carbocycles. The highest BCUT2D eigenvalue weighted by Gasteiger charge is 2.33. The van der Waals surface area contributed by atoms with Crippen LogP contribution in [0, 0.1) is 5.82 Å². The number of hydrogen-bond acceptors (Lipinski definition) is 7. The smallest absolute Gasteiger partial charge is 0.421 e. The second kappa shape index (κ2) is 12.8. The molecule has 1 aliphatic heterocycles. The number of nitrogens with zero attached hydrogens (tertiary/aromatic N) is 4. The number of alkyl halides is 2. The number of fused-ring (bicyclic) bond motifs is 1. The summed E-state index contributed by atoms with van der Waals surface area (Å²) in [5.74, 6) is -0.862. The molecule has 228 valence electrons. The molecule has 4 aromatic rings. The number of benzene rings is 2. The molecule has 1 fully saturated rings. The van der Waals surface area contributed by atoms with Crippen molar-refractivity contribution in [2.75, 3.05) is 26.8 Å². The summed E-state index contributed by atoms with van der Waals surface area (Å²) in [6.45, 7) is 0.919. The Morgan fingerprint density at radius 2 is 1.91 bits per heavy atom. The van der Waals surface area contributed by atoms with Crippen molar-refractivity contribution in [1.29, 1.82) is 0 Å². The lowest BCUT2D eigenvalue weighted by atomic mass is 9.93. The van der Waals surface area contributed by atoms with Crippen LogP contribution < -0.4 is 9.47 Å². The van der Waals surface area contributed by atoms with Gasteiger partial charge in [0.1, 0.15) is 30.4 Å². The normalized spacial score (nSPS) is 14.7. The number of aromatic carboxylic acids is 1. The Kier molecular flexibility index (Phi) is 9.09. The highest BCUT2D eigenvalue weighted by atomic mass is 35.5. The van der Waals surface area contributed by atoms with Crippen LogP contribution in [-0.4, -0.2) is 63.4 Å². The van der Waals surface area contributed by atoms with E-state index in [0.29, 0.717) is 34.4 Å². The predicted octanol–water partition coefficient (Wildman–Crippen LogP) is 6.04. The van der Waals surface area contributed by atoms with Crippen molar-refractivity contribution in [1.82, 2.24) is 19.4 Å². The van der Waals surface area contributed by atoms with Gasteiger partial charge in [-0.05, 0) is 56.3 Å². The van der Waals surface area contributed by atoms with Crippen LogP contribution in [0.25, 0.3) is 11.0 Å². The molecule has 0 bridgehead atoms. The molecule has 0 aliphatic carbocycles. The molecule has 3 heterocycles. The number of methoxy groups -OCH3 is 1. The fourth-order valence-electron chi connectivity index (χ4n) is 5.12. The molecule has 1 saturated heterocycles. The molecule has 2 aromatic heterocycles. The van der Waals surface area contributed by atoms with Crippen molar-refractivity contribution in [2.45, 2.75) is 38.0 Å². The second-order valence-electron chi connectivity index (χ2n) is 10.4. The number of ether oxygens (including phenoxy) is 3. The van der Waals surface area contributed by atoms with Gasteiger partial charge in [-0.2, -0.15) is 8.78 Å². The van der Waals surface area contributed by atoms with E-state index >= 15 is 0 Å². The Morgan fingerprint density at radius 1 is 1.14 bits per heavy atom. The number of pyridine rings is 1. The summed E-state index contributed by atoms with van der Waals surface area (Å²) in [6, 6.07) is 12.4. The van der Waals surface area contributed by atoms with Gasteiger partial charge in [-0.15, -0.1) is 0 Å². The van der Waals surface area contributed by atoms with Crippen LogP contribution in [0.4, 0.5) is 13.2 Å². The van der Waals surface area contributed by atoms with Crippen molar-refractivity contribution < 1.29 is 37.3 Å². The van der Waals surface area contributed by atoms with Crippen molar-refractivity contribution in [3.63, 3.8) is 0 Å². The molecule has 1 N–H and O–H groups in total. The quantitative estimate of drug-likeness (QED) is 0.217. The number of aryl methyl sites for hydroxylation is 1. The number of carbonyl (C=O) groups is 1. The molecule has 0 amide bonds. The zero-order chi connectivity index (χ0) is 30.7. The SMILES string of the molecule is COCC(F)(F)Oc1cc(C(=O)O)cc2c1nc(CN1CCC(c3cccc(OCc4ccc(Cl)cc4F)n3)CC1)n2C. The molecule has 0 atom stereocenters. The topological polar surface area (TPSA) is 98.9 Å². The fourth-order valence-corrected chi connectivity index (χ4v) is 5.28. The Labute approximate surface area is 250 Å². The number of hydrogen-bond donors (Lipinski definition) is 1. The van der Waals surface area contributed by atoms with Crippen LogP contribution in [0.15, 0.2) is 48.5 Å². The summed E-state index contributed by atoms with van der Waals surface area (Å²) in [6.07, 6.45) is -2.04. The van der Waals surface area contributed by atoms with Crippen LogP contribution in [-0.2, 0) is 24.9 Å². The fraction of sp³-hybridized carbons (Fsp3) is 0.367. The first kappa shape index (κ1) is 30.6. The van der Waals surface area contributed by atoms with Gasteiger partial charge in [-0.1, -0.05) is 23.7 Å². The van der Waals surface area contributed by atoms with Gasteiger partial charge < -0.3 is 23.9 Å². The number of carboxylic acid groups (broad SMARTS) is 1. The Hall–Kier alpha value is -3.87. The first-order valence-corrected chi connectivity index (χ1v) is 13.9. The van der Waals surface area contributed by atoms with E-state index in [4.69, 9.17) is 21.1 Å². The maximum absolute atomic E-state index is 14.2. The standard InChI is InChI=1S/C30H30ClF3N4O5/c1-37-24-12-20(29(39)40)13-25(43-30(33,34)17-41-2)28(24)36-26(37)15-38-10-8-18(9-11-38)23-4-3-5-27(35-23)42-16-19-6-7-21(31)14-22(19)32/h3-7,12-14,18H,8-11,15-17H2,1-2H3,(H,39,40). The molecule has 0 radical (unpaired) electrons. The second-order valence-corrected chi connectivity index (χ2v) is 10.8. The number of carboxylic acids is 1. The molecular weight excluding hydrogens is 589 g/mol. The number of piperidine rings is 1. The van der Waals surface area contributed by atoms with Crippen LogP contribution in [0.1, 0.15) is 46.2 Å². The number of halogens is 4. The van der Waals surface area contributed by atoms with Gasteiger partial charge in [0, 0.05) is 42.4 Å². The van der Waals surface area contributed by atoms with Crippen molar-refractivity contribution in [2.24, 2.45) is 7.05 Å². The molecule has 2 aromatic carbocycles. The van der Waals surface area contributed by atoms with E-state index in [1.807, 2.05) is 12.1 Å². The van der Waals surface area contributed by atoms with Gasteiger partial charge in [-0.25, -0.2) is 19.2 Å². The lowest BCUT2D eigenvalue weighted by Crippen LogP contribution is -2.33. The van der Waals surface area contributed by atoms with Crippen LogP contribution in [0.2, 0.25) is 5.02 Å². The van der Waals surface area contributed by atoms with E-state index < -0.39 is 24.5 Å². The van der Waals surface area contributed by atoms with Gasteiger partial charge >= 0.3 is 12.1 Å².